The van der Waals surface area contributed by atoms with Gasteiger partial charge < -0.3 is 25.2 Å². The van der Waals surface area contributed by atoms with Gasteiger partial charge >= 0.3 is 18.0 Å². The van der Waals surface area contributed by atoms with E-state index in [0.29, 0.717) is 6.42 Å². The molecule has 9 nitrogen and oxygen atoms in total. The van der Waals surface area contributed by atoms with Crippen molar-refractivity contribution in [2.75, 3.05) is 7.11 Å². The number of alkyl carbamates (subject to hydrolysis) is 1. The SMILES string of the molecule is COC(=O)[C@H](CC(C)C)NC(=O)[C@H](CCC(=O)O)NC(=O)OC(C)(C)C. The number of hydrogen-bond donors (Lipinski definition) is 3. The molecule has 3 N–H and O–H groups in total. The molecule has 9 heteroatoms. The lowest BCUT2D eigenvalue weighted by molar-refractivity contribution is -0.146. The molecule has 0 aliphatic rings. The number of ether oxygens (including phenoxy) is 2. The molecular weight excluding hydrogens is 344 g/mol. The number of carboxylic acid groups (broad SMARTS) is 1. The second-order valence-corrected chi connectivity index (χ2v) is 7.35. The molecule has 0 saturated heterocycles. The Bertz CT molecular complexity index is 512. The number of aliphatic carboxylic acids is 1. The van der Waals surface area contributed by atoms with E-state index in [0.717, 1.165) is 0 Å². The van der Waals surface area contributed by atoms with Crippen molar-refractivity contribution in [2.45, 2.75) is 71.6 Å². The number of carbonyl (C=O) groups excluding carboxylic acids is 3. The zero-order chi connectivity index (χ0) is 20.5. The Hall–Kier alpha value is -2.32. The average Bonchev–Trinajstić information content (AvgIpc) is 2.47. The number of amides is 2. The zero-order valence-corrected chi connectivity index (χ0v) is 16.3. The van der Waals surface area contributed by atoms with Crippen LogP contribution in [-0.4, -0.2) is 53.8 Å². The van der Waals surface area contributed by atoms with Crippen molar-refractivity contribution in [3.05, 3.63) is 0 Å². The molecule has 0 aromatic carbocycles. The minimum atomic E-state index is -1.15. The van der Waals surface area contributed by atoms with Gasteiger partial charge in [0.2, 0.25) is 5.91 Å². The van der Waals surface area contributed by atoms with E-state index in [1.165, 1.54) is 7.11 Å². The monoisotopic (exact) mass is 374 g/mol. The molecule has 0 aromatic rings. The highest BCUT2D eigenvalue weighted by Crippen LogP contribution is 2.10. The molecule has 150 valence electrons. The van der Waals surface area contributed by atoms with Crippen LogP contribution in [0.25, 0.3) is 0 Å². The van der Waals surface area contributed by atoms with Crippen LogP contribution in [0.2, 0.25) is 0 Å². The van der Waals surface area contributed by atoms with Gasteiger partial charge in [0, 0.05) is 6.42 Å². The largest absolute Gasteiger partial charge is 0.481 e. The number of rotatable bonds is 9. The van der Waals surface area contributed by atoms with Gasteiger partial charge in [0.1, 0.15) is 17.7 Å². The van der Waals surface area contributed by atoms with Gasteiger partial charge in [-0.3, -0.25) is 9.59 Å². The second-order valence-electron chi connectivity index (χ2n) is 7.35. The average molecular weight is 374 g/mol. The summed E-state index contributed by atoms with van der Waals surface area (Å²) in [5.41, 5.74) is -0.774. The topological polar surface area (TPSA) is 131 Å². The summed E-state index contributed by atoms with van der Waals surface area (Å²) >= 11 is 0. The Balaban J connectivity index is 5.13. The fourth-order valence-electron chi connectivity index (χ4n) is 2.09. The zero-order valence-electron chi connectivity index (χ0n) is 16.3. The maximum Gasteiger partial charge on any atom is 0.408 e. The van der Waals surface area contributed by atoms with E-state index in [4.69, 9.17) is 9.84 Å². The molecule has 0 fully saturated rings. The highest BCUT2D eigenvalue weighted by Gasteiger charge is 2.29. The Morgan fingerprint density at radius 3 is 2.04 bits per heavy atom. The Labute approximate surface area is 153 Å². The molecule has 2 atom stereocenters. The minimum Gasteiger partial charge on any atom is -0.481 e. The summed E-state index contributed by atoms with van der Waals surface area (Å²) in [4.78, 5) is 47.1. The number of nitrogens with one attached hydrogen (secondary N) is 2. The van der Waals surface area contributed by atoms with Crippen molar-refractivity contribution in [1.29, 1.82) is 0 Å². The Morgan fingerprint density at radius 1 is 1.04 bits per heavy atom. The van der Waals surface area contributed by atoms with Crippen LogP contribution in [0.3, 0.4) is 0 Å². The first kappa shape index (κ1) is 23.7. The number of methoxy groups -OCH3 is 1. The van der Waals surface area contributed by atoms with E-state index in [9.17, 15) is 19.2 Å². The standard InChI is InChI=1S/C17H30N2O7/c1-10(2)9-12(15(23)25-6)18-14(22)11(7-8-13(20)21)19-16(24)26-17(3,4)5/h10-12H,7-9H2,1-6H3,(H,18,22)(H,19,24)(H,20,21)/t11-,12-/m0/s1. The van der Waals surface area contributed by atoms with Crippen LogP contribution in [0.4, 0.5) is 4.79 Å². The minimum absolute atomic E-state index is 0.107. The fourth-order valence-corrected chi connectivity index (χ4v) is 2.09. The van der Waals surface area contributed by atoms with Crippen molar-refractivity contribution in [3.63, 3.8) is 0 Å². The van der Waals surface area contributed by atoms with Crippen LogP contribution in [-0.2, 0) is 23.9 Å². The number of carbonyl (C=O) groups is 4. The smallest absolute Gasteiger partial charge is 0.408 e. The summed E-state index contributed by atoms with van der Waals surface area (Å²) < 4.78 is 9.77. The van der Waals surface area contributed by atoms with Crippen molar-refractivity contribution < 1.29 is 33.8 Å². The van der Waals surface area contributed by atoms with Gasteiger partial charge in [0.15, 0.2) is 0 Å². The number of carboxylic acids is 1. The lowest BCUT2D eigenvalue weighted by Gasteiger charge is -2.25. The molecule has 0 saturated carbocycles. The summed E-state index contributed by atoms with van der Waals surface area (Å²) in [5, 5.41) is 13.7. The summed E-state index contributed by atoms with van der Waals surface area (Å²) in [7, 11) is 1.21. The van der Waals surface area contributed by atoms with Gasteiger partial charge in [-0.1, -0.05) is 13.8 Å². The van der Waals surface area contributed by atoms with Gasteiger partial charge in [-0.25, -0.2) is 9.59 Å². The molecule has 0 aliphatic carbocycles. The molecular formula is C17H30N2O7. The van der Waals surface area contributed by atoms with E-state index < -0.39 is 41.6 Å². The van der Waals surface area contributed by atoms with Gasteiger partial charge in [-0.05, 0) is 39.5 Å². The van der Waals surface area contributed by atoms with Crippen molar-refractivity contribution in [2.24, 2.45) is 5.92 Å². The Morgan fingerprint density at radius 2 is 1.62 bits per heavy atom. The predicted octanol–water partition coefficient (Wildman–Crippen LogP) is 1.45. The van der Waals surface area contributed by atoms with Crippen LogP contribution < -0.4 is 10.6 Å². The fraction of sp³-hybridized carbons (Fsp3) is 0.765. The summed E-state index contributed by atoms with van der Waals surface area (Å²) in [5.74, 6) is -2.29. The lowest BCUT2D eigenvalue weighted by Crippen LogP contribution is -2.52. The van der Waals surface area contributed by atoms with Gasteiger partial charge in [-0.15, -0.1) is 0 Å². The molecule has 0 unspecified atom stereocenters. The summed E-state index contributed by atoms with van der Waals surface area (Å²) in [6.45, 7) is 8.74. The molecule has 0 aromatic heterocycles. The van der Waals surface area contributed by atoms with Crippen molar-refractivity contribution in [1.82, 2.24) is 10.6 Å². The Kier molecular flexibility index (Phi) is 9.67. The molecule has 0 radical (unpaired) electrons. The number of hydrogen-bond acceptors (Lipinski definition) is 6. The maximum absolute atomic E-state index is 12.5. The molecule has 0 spiro atoms. The second kappa shape index (κ2) is 10.6. The third-order valence-corrected chi connectivity index (χ3v) is 3.16. The third-order valence-electron chi connectivity index (χ3n) is 3.16. The van der Waals surface area contributed by atoms with E-state index in [1.807, 2.05) is 13.8 Å². The van der Waals surface area contributed by atoms with Gasteiger partial charge in [0.05, 0.1) is 7.11 Å². The molecule has 0 heterocycles. The van der Waals surface area contributed by atoms with E-state index in [-0.39, 0.29) is 18.8 Å². The highest BCUT2D eigenvalue weighted by atomic mass is 16.6. The summed E-state index contributed by atoms with van der Waals surface area (Å²) in [6.07, 6.45) is -0.977. The van der Waals surface area contributed by atoms with E-state index in [1.54, 1.807) is 20.8 Å². The maximum atomic E-state index is 12.5. The van der Waals surface area contributed by atoms with Gasteiger partial charge in [-0.2, -0.15) is 0 Å². The third kappa shape index (κ3) is 10.5. The first-order chi connectivity index (χ1) is 11.9. The lowest BCUT2D eigenvalue weighted by atomic mass is 10.0. The number of esters is 1. The van der Waals surface area contributed by atoms with Crippen LogP contribution in [0.15, 0.2) is 0 Å². The predicted molar refractivity (Wildman–Crippen MR) is 93.4 cm³/mol. The first-order valence-corrected chi connectivity index (χ1v) is 8.45. The highest BCUT2D eigenvalue weighted by molar-refractivity contribution is 5.90. The van der Waals surface area contributed by atoms with Crippen LogP contribution in [0.5, 0.6) is 0 Å². The quantitative estimate of drug-likeness (QED) is 0.521. The van der Waals surface area contributed by atoms with Crippen molar-refractivity contribution >= 4 is 23.9 Å². The van der Waals surface area contributed by atoms with Crippen LogP contribution in [0.1, 0.15) is 53.9 Å². The molecule has 0 rings (SSSR count). The van der Waals surface area contributed by atoms with Crippen LogP contribution >= 0.6 is 0 Å². The molecule has 0 bridgehead atoms. The van der Waals surface area contributed by atoms with E-state index >= 15 is 0 Å². The summed E-state index contributed by atoms with van der Waals surface area (Å²) in [6, 6.07) is -2.04. The van der Waals surface area contributed by atoms with Gasteiger partial charge in [0.25, 0.3) is 0 Å². The van der Waals surface area contributed by atoms with Crippen LogP contribution in [0, 0.1) is 5.92 Å². The molecule has 26 heavy (non-hydrogen) atoms. The molecule has 0 aliphatic heterocycles. The normalized spacial score (nSPS) is 13.5. The van der Waals surface area contributed by atoms with Crippen molar-refractivity contribution in [3.8, 4) is 0 Å². The van der Waals surface area contributed by atoms with E-state index in [2.05, 4.69) is 15.4 Å². The molecule has 2 amide bonds. The first-order valence-electron chi connectivity index (χ1n) is 8.45.